The van der Waals surface area contributed by atoms with E-state index in [0.29, 0.717) is 12.0 Å². The van der Waals surface area contributed by atoms with Gasteiger partial charge in [-0.3, -0.25) is 4.90 Å². The zero-order valence-corrected chi connectivity index (χ0v) is 13.7. The van der Waals surface area contributed by atoms with Gasteiger partial charge in [0.1, 0.15) is 5.01 Å². The average Bonchev–Trinajstić information content (AvgIpc) is 2.77. The minimum Gasteiger partial charge on any atom is -0.311 e. The van der Waals surface area contributed by atoms with Crippen LogP contribution >= 0.6 is 11.3 Å². The van der Waals surface area contributed by atoms with Crippen molar-refractivity contribution in [3.05, 3.63) is 16.1 Å². The van der Waals surface area contributed by atoms with Crippen LogP contribution in [0, 0.1) is 5.92 Å². The molecule has 2 rings (SSSR count). The van der Waals surface area contributed by atoms with Crippen LogP contribution in [0.25, 0.3) is 0 Å². The second kappa shape index (κ2) is 5.90. The van der Waals surface area contributed by atoms with Crippen LogP contribution in [0.3, 0.4) is 0 Å². The van der Waals surface area contributed by atoms with Crippen molar-refractivity contribution < 1.29 is 0 Å². The summed E-state index contributed by atoms with van der Waals surface area (Å²) in [4.78, 5) is 7.34. The Hall–Kier alpha value is -0.450. The molecule has 0 radical (unpaired) electrons. The van der Waals surface area contributed by atoms with Crippen LogP contribution in [0.15, 0.2) is 5.38 Å². The van der Waals surface area contributed by atoms with Crippen molar-refractivity contribution in [3.63, 3.8) is 0 Å². The van der Waals surface area contributed by atoms with Gasteiger partial charge in [0, 0.05) is 36.5 Å². The summed E-state index contributed by atoms with van der Waals surface area (Å²) >= 11 is 1.81. The molecular formula is C15H27N3S. The molecule has 2 heterocycles. The van der Waals surface area contributed by atoms with Gasteiger partial charge in [0.2, 0.25) is 0 Å². The van der Waals surface area contributed by atoms with Gasteiger partial charge in [0.25, 0.3) is 0 Å². The third-order valence-electron chi connectivity index (χ3n) is 3.77. The highest BCUT2D eigenvalue weighted by molar-refractivity contribution is 7.09. The third-order valence-corrected chi connectivity index (χ3v) is 4.61. The molecular weight excluding hydrogens is 254 g/mol. The van der Waals surface area contributed by atoms with E-state index in [-0.39, 0.29) is 5.41 Å². The highest BCUT2D eigenvalue weighted by atomic mass is 32.1. The van der Waals surface area contributed by atoms with Gasteiger partial charge in [-0.2, -0.15) is 0 Å². The summed E-state index contributed by atoms with van der Waals surface area (Å²) in [6.07, 6.45) is 0. The first-order chi connectivity index (χ1) is 8.86. The third kappa shape index (κ3) is 4.01. The van der Waals surface area contributed by atoms with E-state index in [2.05, 4.69) is 50.2 Å². The fourth-order valence-corrected chi connectivity index (χ4v) is 3.41. The number of piperazine rings is 1. The maximum Gasteiger partial charge on any atom is 0.107 e. The van der Waals surface area contributed by atoms with E-state index in [1.54, 1.807) is 11.3 Å². The van der Waals surface area contributed by atoms with E-state index in [9.17, 15) is 0 Å². The predicted octanol–water partition coefficient (Wildman–Crippen LogP) is 2.87. The lowest BCUT2D eigenvalue weighted by Crippen LogP contribution is -2.52. The first kappa shape index (κ1) is 14.9. The standard InChI is InChI=1S/C15H27N3S/c1-11(2)12-8-18(7-6-16-12)9-14-17-13(10-19-14)15(3,4)5/h10-12,16H,6-9H2,1-5H3. The molecule has 1 aliphatic heterocycles. The molecule has 0 amide bonds. The molecule has 1 aliphatic rings. The summed E-state index contributed by atoms with van der Waals surface area (Å²) in [5, 5.41) is 7.08. The number of nitrogens with one attached hydrogen (secondary N) is 1. The number of rotatable bonds is 3. The van der Waals surface area contributed by atoms with Crippen LogP contribution in [0.2, 0.25) is 0 Å². The average molecular weight is 281 g/mol. The predicted molar refractivity (Wildman–Crippen MR) is 82.7 cm³/mol. The first-order valence-corrected chi connectivity index (χ1v) is 8.15. The molecule has 19 heavy (non-hydrogen) atoms. The monoisotopic (exact) mass is 281 g/mol. The molecule has 1 fully saturated rings. The molecule has 0 aromatic carbocycles. The zero-order chi connectivity index (χ0) is 14.0. The van der Waals surface area contributed by atoms with Gasteiger partial charge in [-0.25, -0.2) is 4.98 Å². The van der Waals surface area contributed by atoms with Crippen molar-refractivity contribution in [1.29, 1.82) is 0 Å². The van der Waals surface area contributed by atoms with E-state index in [0.717, 1.165) is 26.2 Å². The summed E-state index contributed by atoms with van der Waals surface area (Å²) in [5.41, 5.74) is 1.39. The van der Waals surface area contributed by atoms with Crippen LogP contribution in [-0.4, -0.2) is 35.6 Å². The van der Waals surface area contributed by atoms with Crippen LogP contribution in [0.1, 0.15) is 45.3 Å². The van der Waals surface area contributed by atoms with Crippen molar-refractivity contribution in [1.82, 2.24) is 15.2 Å². The molecule has 3 nitrogen and oxygen atoms in total. The lowest BCUT2D eigenvalue weighted by atomic mass is 9.93. The van der Waals surface area contributed by atoms with Gasteiger partial charge in [0.05, 0.1) is 12.2 Å². The first-order valence-electron chi connectivity index (χ1n) is 7.27. The molecule has 1 saturated heterocycles. The Morgan fingerprint density at radius 2 is 2.21 bits per heavy atom. The number of hydrogen-bond donors (Lipinski definition) is 1. The minimum absolute atomic E-state index is 0.165. The van der Waals surface area contributed by atoms with Gasteiger partial charge in [-0.05, 0) is 5.92 Å². The Labute approximate surface area is 121 Å². The fourth-order valence-electron chi connectivity index (χ4n) is 2.35. The summed E-state index contributed by atoms with van der Waals surface area (Å²) in [7, 11) is 0. The summed E-state index contributed by atoms with van der Waals surface area (Å²) < 4.78 is 0. The Balaban J connectivity index is 1.95. The van der Waals surface area contributed by atoms with Crippen molar-refractivity contribution in [2.45, 2.75) is 52.6 Å². The quantitative estimate of drug-likeness (QED) is 0.923. The van der Waals surface area contributed by atoms with Crippen LogP contribution < -0.4 is 5.32 Å². The normalized spacial score (nSPS) is 22.1. The fraction of sp³-hybridized carbons (Fsp3) is 0.800. The topological polar surface area (TPSA) is 28.2 Å². The summed E-state index contributed by atoms with van der Waals surface area (Å²) in [6, 6.07) is 0.621. The van der Waals surface area contributed by atoms with Gasteiger partial charge < -0.3 is 5.32 Å². The smallest absolute Gasteiger partial charge is 0.107 e. The summed E-state index contributed by atoms with van der Waals surface area (Å²) in [6.45, 7) is 15.6. The molecule has 0 spiro atoms. The number of thiazole rings is 1. The Bertz CT molecular complexity index is 406. The van der Waals surface area contributed by atoms with E-state index < -0.39 is 0 Å². The van der Waals surface area contributed by atoms with Crippen LogP contribution in [0.4, 0.5) is 0 Å². The maximum atomic E-state index is 4.80. The van der Waals surface area contributed by atoms with E-state index >= 15 is 0 Å². The second-order valence-corrected chi connectivity index (χ2v) is 7.86. The Morgan fingerprint density at radius 3 is 2.79 bits per heavy atom. The van der Waals surface area contributed by atoms with E-state index in [1.807, 2.05) is 0 Å². The highest BCUT2D eigenvalue weighted by Crippen LogP contribution is 2.24. The number of hydrogen-bond acceptors (Lipinski definition) is 4. The molecule has 108 valence electrons. The van der Waals surface area contributed by atoms with Crippen molar-refractivity contribution in [2.24, 2.45) is 5.92 Å². The lowest BCUT2D eigenvalue weighted by Gasteiger charge is -2.35. The second-order valence-electron chi connectivity index (χ2n) is 6.92. The van der Waals surface area contributed by atoms with Crippen molar-refractivity contribution in [3.8, 4) is 0 Å². The maximum absolute atomic E-state index is 4.80. The lowest BCUT2D eigenvalue weighted by molar-refractivity contribution is 0.168. The number of aromatic nitrogens is 1. The molecule has 1 unspecified atom stereocenters. The van der Waals surface area contributed by atoms with Crippen LogP contribution in [0.5, 0.6) is 0 Å². The molecule has 4 heteroatoms. The van der Waals surface area contributed by atoms with Crippen molar-refractivity contribution >= 4 is 11.3 Å². The number of nitrogens with zero attached hydrogens (tertiary/aromatic N) is 2. The van der Waals surface area contributed by atoms with Gasteiger partial charge in [0.15, 0.2) is 0 Å². The Kier molecular flexibility index (Phi) is 4.64. The highest BCUT2D eigenvalue weighted by Gasteiger charge is 2.23. The van der Waals surface area contributed by atoms with E-state index in [4.69, 9.17) is 4.98 Å². The molecule has 0 bridgehead atoms. The zero-order valence-electron chi connectivity index (χ0n) is 12.9. The van der Waals surface area contributed by atoms with Crippen molar-refractivity contribution in [2.75, 3.05) is 19.6 Å². The molecule has 1 aromatic heterocycles. The molecule has 0 aliphatic carbocycles. The molecule has 0 saturated carbocycles. The largest absolute Gasteiger partial charge is 0.311 e. The van der Waals surface area contributed by atoms with Gasteiger partial charge in [-0.15, -0.1) is 11.3 Å². The van der Waals surface area contributed by atoms with E-state index in [1.165, 1.54) is 10.7 Å². The van der Waals surface area contributed by atoms with Gasteiger partial charge >= 0.3 is 0 Å². The molecule has 1 N–H and O–H groups in total. The minimum atomic E-state index is 0.165. The van der Waals surface area contributed by atoms with Crippen LogP contribution in [-0.2, 0) is 12.0 Å². The molecule has 1 aromatic rings. The summed E-state index contributed by atoms with van der Waals surface area (Å²) in [5.74, 6) is 0.698. The van der Waals surface area contributed by atoms with Gasteiger partial charge in [-0.1, -0.05) is 34.6 Å². The molecule has 1 atom stereocenters. The Morgan fingerprint density at radius 1 is 1.47 bits per heavy atom. The SMILES string of the molecule is CC(C)C1CN(Cc2nc(C(C)(C)C)cs2)CCN1.